The average Bonchev–Trinajstić information content (AvgIpc) is 2.80. The number of nitrogens with zero attached hydrogens (tertiary/aromatic N) is 3. The van der Waals surface area contributed by atoms with Gasteiger partial charge in [0.15, 0.2) is 0 Å². The van der Waals surface area contributed by atoms with Crippen molar-refractivity contribution < 1.29 is 14.3 Å². The summed E-state index contributed by atoms with van der Waals surface area (Å²) in [5.74, 6) is -0.281. The van der Waals surface area contributed by atoms with Gasteiger partial charge in [0, 0.05) is 38.1 Å². The van der Waals surface area contributed by atoms with E-state index in [2.05, 4.69) is 27.2 Å². The average molecular weight is 425 g/mol. The Morgan fingerprint density at radius 2 is 1.68 bits per heavy atom. The van der Waals surface area contributed by atoms with E-state index in [1.807, 2.05) is 49.4 Å². The molecule has 7 nitrogen and oxygen atoms in total. The molecule has 2 aromatic rings. The number of hydrogen-bond donors (Lipinski definition) is 1. The Hall–Kier alpha value is -2.90. The van der Waals surface area contributed by atoms with E-state index in [1.165, 1.54) is 4.90 Å². The van der Waals surface area contributed by atoms with Crippen LogP contribution in [0.4, 0.5) is 11.4 Å². The minimum Gasteiger partial charge on any atom is -0.378 e. The lowest BCUT2D eigenvalue weighted by atomic mass is 10.2. The molecule has 7 heteroatoms. The van der Waals surface area contributed by atoms with Gasteiger partial charge in [0.25, 0.3) is 0 Å². The van der Waals surface area contributed by atoms with E-state index in [1.54, 1.807) is 7.05 Å². The Kier molecular flexibility index (Phi) is 8.44. The molecule has 31 heavy (non-hydrogen) atoms. The number of nitrogens with one attached hydrogen (secondary N) is 1. The van der Waals surface area contributed by atoms with Gasteiger partial charge < -0.3 is 19.9 Å². The monoisotopic (exact) mass is 424 g/mol. The fraction of sp³-hybridized carbons (Fsp3) is 0.417. The van der Waals surface area contributed by atoms with E-state index in [9.17, 15) is 9.59 Å². The molecule has 1 saturated heterocycles. The summed E-state index contributed by atoms with van der Waals surface area (Å²) in [6.07, 6.45) is 0. The van der Waals surface area contributed by atoms with Crippen LogP contribution in [0.2, 0.25) is 0 Å². The van der Waals surface area contributed by atoms with Gasteiger partial charge in [-0.25, -0.2) is 0 Å². The molecule has 3 rings (SSSR count). The van der Waals surface area contributed by atoms with Gasteiger partial charge in [-0.05, 0) is 36.4 Å². The first-order valence-electron chi connectivity index (χ1n) is 10.8. The lowest BCUT2D eigenvalue weighted by Gasteiger charge is -2.29. The van der Waals surface area contributed by atoms with Crippen LogP contribution < -0.4 is 10.2 Å². The van der Waals surface area contributed by atoms with Crippen molar-refractivity contribution in [2.45, 2.75) is 13.5 Å². The van der Waals surface area contributed by atoms with Crippen molar-refractivity contribution in [2.75, 3.05) is 63.2 Å². The van der Waals surface area contributed by atoms with Crippen molar-refractivity contribution in [3.8, 4) is 0 Å². The molecule has 1 aliphatic rings. The van der Waals surface area contributed by atoms with Gasteiger partial charge in [0.05, 0.1) is 26.3 Å². The van der Waals surface area contributed by atoms with Crippen molar-refractivity contribution in [3.05, 3.63) is 60.2 Å². The predicted octanol–water partition coefficient (Wildman–Crippen LogP) is 2.44. The largest absolute Gasteiger partial charge is 0.378 e. The predicted molar refractivity (Wildman–Crippen MR) is 123 cm³/mol. The summed E-state index contributed by atoms with van der Waals surface area (Å²) in [5, 5.41) is 2.88. The maximum atomic E-state index is 12.6. The molecule has 1 fully saturated rings. The van der Waals surface area contributed by atoms with Gasteiger partial charge in [0.1, 0.15) is 0 Å². The zero-order valence-corrected chi connectivity index (χ0v) is 18.4. The van der Waals surface area contributed by atoms with Crippen molar-refractivity contribution >= 4 is 23.2 Å². The van der Waals surface area contributed by atoms with Gasteiger partial charge in [-0.2, -0.15) is 0 Å². The Morgan fingerprint density at radius 3 is 2.32 bits per heavy atom. The lowest BCUT2D eigenvalue weighted by Crippen LogP contribution is -2.41. The van der Waals surface area contributed by atoms with Crippen molar-refractivity contribution in [2.24, 2.45) is 0 Å². The molecular formula is C24H32N4O3. The molecule has 0 saturated carbocycles. The molecule has 0 aliphatic carbocycles. The van der Waals surface area contributed by atoms with Crippen molar-refractivity contribution in [3.63, 3.8) is 0 Å². The van der Waals surface area contributed by atoms with Crippen LogP contribution in [0.25, 0.3) is 0 Å². The number of rotatable bonds is 9. The molecule has 1 aliphatic heterocycles. The number of carbonyl (C=O) groups is 2. The van der Waals surface area contributed by atoms with Crippen LogP contribution in [0.3, 0.4) is 0 Å². The summed E-state index contributed by atoms with van der Waals surface area (Å²) < 4.78 is 5.38. The Balaban J connectivity index is 1.46. The molecule has 166 valence electrons. The minimum atomic E-state index is -0.207. The summed E-state index contributed by atoms with van der Waals surface area (Å²) >= 11 is 0. The number of anilines is 2. The minimum absolute atomic E-state index is 0.0208. The van der Waals surface area contributed by atoms with Crippen LogP contribution >= 0.6 is 0 Å². The van der Waals surface area contributed by atoms with E-state index in [0.29, 0.717) is 6.54 Å². The molecule has 0 spiro atoms. The first kappa shape index (κ1) is 22.8. The quantitative estimate of drug-likeness (QED) is 0.670. The van der Waals surface area contributed by atoms with Gasteiger partial charge in [-0.3, -0.25) is 14.5 Å². The topological polar surface area (TPSA) is 65.1 Å². The lowest BCUT2D eigenvalue weighted by molar-refractivity contribution is -0.134. The second kappa shape index (κ2) is 11.5. The molecule has 0 radical (unpaired) electrons. The zero-order chi connectivity index (χ0) is 22.1. The molecule has 0 aromatic heterocycles. The zero-order valence-electron chi connectivity index (χ0n) is 18.4. The summed E-state index contributed by atoms with van der Waals surface area (Å²) in [5.41, 5.74) is 3.01. The maximum absolute atomic E-state index is 12.6. The standard InChI is InChI=1S/C24H32N4O3/c1-3-27(17-20-7-5-4-6-8-20)19-24(30)26(2)18-23(29)25-21-9-11-22(12-10-21)28-13-15-31-16-14-28/h4-12H,3,13-19H2,1-2H3,(H,25,29). The summed E-state index contributed by atoms with van der Waals surface area (Å²) in [7, 11) is 1.67. The van der Waals surface area contributed by atoms with E-state index >= 15 is 0 Å². The smallest absolute Gasteiger partial charge is 0.243 e. The number of morpholine rings is 1. The number of benzene rings is 2. The summed E-state index contributed by atoms with van der Waals surface area (Å²) in [6, 6.07) is 17.9. The third-order valence-electron chi connectivity index (χ3n) is 5.39. The molecular weight excluding hydrogens is 392 g/mol. The van der Waals surface area contributed by atoms with Crippen LogP contribution in [-0.2, 0) is 20.9 Å². The van der Waals surface area contributed by atoms with Crippen LogP contribution in [-0.4, -0.2) is 74.6 Å². The summed E-state index contributed by atoms with van der Waals surface area (Å²) in [6.45, 7) is 7.02. The molecule has 0 unspecified atom stereocenters. The van der Waals surface area contributed by atoms with Crippen LogP contribution in [0, 0.1) is 0 Å². The molecule has 1 N–H and O–H groups in total. The van der Waals surface area contributed by atoms with E-state index < -0.39 is 0 Å². The van der Waals surface area contributed by atoms with E-state index in [0.717, 1.165) is 49.8 Å². The fourth-order valence-corrected chi connectivity index (χ4v) is 3.51. The highest BCUT2D eigenvalue weighted by Crippen LogP contribution is 2.19. The third kappa shape index (κ3) is 7.08. The number of ether oxygens (including phenoxy) is 1. The van der Waals surface area contributed by atoms with E-state index in [4.69, 9.17) is 4.74 Å². The van der Waals surface area contributed by atoms with Crippen molar-refractivity contribution in [1.82, 2.24) is 9.80 Å². The molecule has 0 bridgehead atoms. The van der Waals surface area contributed by atoms with Crippen LogP contribution in [0.5, 0.6) is 0 Å². The molecule has 2 aromatic carbocycles. The third-order valence-corrected chi connectivity index (χ3v) is 5.39. The van der Waals surface area contributed by atoms with Gasteiger partial charge in [-0.15, -0.1) is 0 Å². The SMILES string of the molecule is CCN(CC(=O)N(C)CC(=O)Nc1ccc(N2CCOCC2)cc1)Cc1ccccc1. The molecule has 1 heterocycles. The maximum Gasteiger partial charge on any atom is 0.243 e. The normalized spacial score (nSPS) is 13.8. The Morgan fingerprint density at radius 1 is 1.00 bits per heavy atom. The van der Waals surface area contributed by atoms with Gasteiger partial charge >= 0.3 is 0 Å². The van der Waals surface area contributed by atoms with Gasteiger partial charge in [-0.1, -0.05) is 37.3 Å². The van der Waals surface area contributed by atoms with Gasteiger partial charge in [0.2, 0.25) is 11.8 Å². The highest BCUT2D eigenvalue weighted by Gasteiger charge is 2.17. The second-order valence-corrected chi connectivity index (χ2v) is 7.73. The van der Waals surface area contributed by atoms with Crippen molar-refractivity contribution in [1.29, 1.82) is 0 Å². The Bertz CT molecular complexity index is 836. The number of carbonyl (C=O) groups excluding carboxylic acids is 2. The first-order chi connectivity index (χ1) is 15.0. The second-order valence-electron chi connectivity index (χ2n) is 7.73. The number of amides is 2. The van der Waals surface area contributed by atoms with E-state index in [-0.39, 0.29) is 24.9 Å². The number of likely N-dealkylation sites (N-methyl/N-ethyl adjacent to an activating group) is 2. The molecule has 2 amide bonds. The van der Waals surface area contributed by atoms with Crippen LogP contribution in [0.15, 0.2) is 54.6 Å². The Labute approximate surface area is 184 Å². The summed E-state index contributed by atoms with van der Waals surface area (Å²) in [4.78, 5) is 30.8. The molecule has 0 atom stereocenters. The highest BCUT2D eigenvalue weighted by atomic mass is 16.5. The van der Waals surface area contributed by atoms with Crippen LogP contribution in [0.1, 0.15) is 12.5 Å². The first-order valence-corrected chi connectivity index (χ1v) is 10.8. The number of hydrogen-bond acceptors (Lipinski definition) is 5. The highest BCUT2D eigenvalue weighted by molar-refractivity contribution is 5.94. The fourth-order valence-electron chi connectivity index (χ4n) is 3.51.